The van der Waals surface area contributed by atoms with E-state index in [0.29, 0.717) is 0 Å². The molecule has 3 aromatic heterocycles. The Bertz CT molecular complexity index is 585. The Labute approximate surface area is 114 Å². The van der Waals surface area contributed by atoms with E-state index in [1.54, 1.807) is 6.20 Å². The minimum Gasteiger partial charge on any atom is -0.346 e. The molecule has 0 amide bonds. The molecular formula is C16H21N3. The third kappa shape index (κ3) is 3.65. The van der Waals surface area contributed by atoms with Gasteiger partial charge in [-0.05, 0) is 18.2 Å². The van der Waals surface area contributed by atoms with Crippen LogP contribution in [-0.2, 0) is 0 Å². The van der Waals surface area contributed by atoms with Crippen LogP contribution < -0.4 is 0 Å². The minimum atomic E-state index is 0.919. The van der Waals surface area contributed by atoms with Gasteiger partial charge >= 0.3 is 0 Å². The summed E-state index contributed by atoms with van der Waals surface area (Å²) in [6, 6.07) is 8.08. The van der Waals surface area contributed by atoms with E-state index in [4.69, 9.17) is 0 Å². The fraction of sp³-hybridized carbons (Fsp3) is 0.250. The van der Waals surface area contributed by atoms with Gasteiger partial charge < -0.3 is 4.98 Å². The standard InChI is InChI=1S/C12H9N3.2C2H6/c1-2-10(7-13-4-1)11-6-9-3-5-14-12(9)15-8-11;2*1-2/h1-8H,(H,14,15);2*1-2H3. The molecule has 0 aliphatic heterocycles. The summed E-state index contributed by atoms with van der Waals surface area (Å²) in [6.07, 6.45) is 7.36. The lowest BCUT2D eigenvalue weighted by Gasteiger charge is -1.99. The van der Waals surface area contributed by atoms with E-state index in [1.807, 2.05) is 64.5 Å². The van der Waals surface area contributed by atoms with Gasteiger partial charge in [-0.1, -0.05) is 33.8 Å². The van der Waals surface area contributed by atoms with Crippen molar-refractivity contribution in [3.05, 3.63) is 49.1 Å². The Morgan fingerprint density at radius 1 is 0.947 bits per heavy atom. The van der Waals surface area contributed by atoms with E-state index in [9.17, 15) is 0 Å². The zero-order chi connectivity index (χ0) is 14.1. The highest BCUT2D eigenvalue weighted by Crippen LogP contribution is 2.20. The van der Waals surface area contributed by atoms with Gasteiger partial charge in [0.1, 0.15) is 5.65 Å². The van der Waals surface area contributed by atoms with Crippen LogP contribution in [0.2, 0.25) is 0 Å². The molecule has 0 saturated heterocycles. The number of aromatic nitrogens is 3. The first-order chi connectivity index (χ1) is 9.43. The second-order valence-electron chi connectivity index (χ2n) is 3.38. The molecule has 3 aromatic rings. The van der Waals surface area contributed by atoms with E-state index in [2.05, 4.69) is 21.0 Å². The van der Waals surface area contributed by atoms with Crippen molar-refractivity contribution in [1.82, 2.24) is 15.0 Å². The monoisotopic (exact) mass is 255 g/mol. The van der Waals surface area contributed by atoms with Crippen molar-refractivity contribution >= 4 is 11.0 Å². The highest BCUT2D eigenvalue weighted by atomic mass is 14.8. The first-order valence-corrected chi connectivity index (χ1v) is 6.77. The average Bonchev–Trinajstić information content (AvgIpc) is 2.99. The predicted octanol–water partition coefficient (Wildman–Crippen LogP) is 4.68. The SMILES string of the molecule is CC.CC.c1cncc(-c2cnc3[nH]ccc3c2)c1. The minimum absolute atomic E-state index is 0.919. The van der Waals surface area contributed by atoms with Gasteiger partial charge in [-0.2, -0.15) is 0 Å². The van der Waals surface area contributed by atoms with Crippen LogP contribution >= 0.6 is 0 Å². The van der Waals surface area contributed by atoms with Crippen molar-refractivity contribution < 1.29 is 0 Å². The first kappa shape index (κ1) is 14.9. The highest BCUT2D eigenvalue weighted by molar-refractivity contribution is 5.81. The third-order valence-electron chi connectivity index (χ3n) is 2.39. The predicted molar refractivity (Wildman–Crippen MR) is 82.0 cm³/mol. The molecule has 0 spiro atoms. The fourth-order valence-electron chi connectivity index (χ4n) is 1.63. The van der Waals surface area contributed by atoms with Gasteiger partial charge in [-0.15, -0.1) is 0 Å². The summed E-state index contributed by atoms with van der Waals surface area (Å²) in [6.45, 7) is 8.00. The Hall–Kier alpha value is -2.16. The summed E-state index contributed by atoms with van der Waals surface area (Å²) in [5.41, 5.74) is 3.10. The number of nitrogens with zero attached hydrogens (tertiary/aromatic N) is 2. The van der Waals surface area contributed by atoms with Crippen molar-refractivity contribution in [1.29, 1.82) is 0 Å². The first-order valence-electron chi connectivity index (χ1n) is 6.77. The van der Waals surface area contributed by atoms with Gasteiger partial charge in [0.2, 0.25) is 0 Å². The second kappa shape index (κ2) is 8.03. The van der Waals surface area contributed by atoms with Gasteiger partial charge in [0.15, 0.2) is 0 Å². The van der Waals surface area contributed by atoms with Crippen molar-refractivity contribution in [2.24, 2.45) is 0 Å². The quantitative estimate of drug-likeness (QED) is 0.686. The van der Waals surface area contributed by atoms with E-state index >= 15 is 0 Å². The lowest BCUT2D eigenvalue weighted by atomic mass is 10.1. The summed E-state index contributed by atoms with van der Waals surface area (Å²) in [5.74, 6) is 0. The maximum Gasteiger partial charge on any atom is 0.137 e. The van der Waals surface area contributed by atoms with Crippen molar-refractivity contribution in [3.8, 4) is 11.1 Å². The zero-order valence-corrected chi connectivity index (χ0v) is 12.0. The molecule has 0 radical (unpaired) electrons. The average molecular weight is 255 g/mol. The normalized spacial score (nSPS) is 9.05. The molecule has 1 N–H and O–H groups in total. The number of aromatic amines is 1. The Morgan fingerprint density at radius 2 is 1.74 bits per heavy atom. The van der Waals surface area contributed by atoms with Crippen LogP contribution in [0.15, 0.2) is 49.1 Å². The van der Waals surface area contributed by atoms with Crippen LogP contribution in [-0.4, -0.2) is 15.0 Å². The molecular weight excluding hydrogens is 234 g/mol. The summed E-state index contributed by atoms with van der Waals surface area (Å²) < 4.78 is 0. The van der Waals surface area contributed by atoms with Crippen LogP contribution in [0.1, 0.15) is 27.7 Å². The number of fused-ring (bicyclic) bond motifs is 1. The van der Waals surface area contributed by atoms with Gasteiger partial charge in [0.25, 0.3) is 0 Å². The Balaban J connectivity index is 0.000000415. The molecule has 3 rings (SSSR count). The lowest BCUT2D eigenvalue weighted by molar-refractivity contribution is 1.30. The van der Waals surface area contributed by atoms with Crippen molar-refractivity contribution in [2.75, 3.05) is 0 Å². The summed E-state index contributed by atoms with van der Waals surface area (Å²) in [7, 11) is 0. The van der Waals surface area contributed by atoms with Crippen LogP contribution in [0.4, 0.5) is 0 Å². The maximum absolute atomic E-state index is 4.33. The van der Waals surface area contributed by atoms with E-state index in [-0.39, 0.29) is 0 Å². The van der Waals surface area contributed by atoms with Gasteiger partial charge in [-0.25, -0.2) is 4.98 Å². The van der Waals surface area contributed by atoms with Crippen molar-refractivity contribution in [2.45, 2.75) is 27.7 Å². The third-order valence-corrected chi connectivity index (χ3v) is 2.39. The van der Waals surface area contributed by atoms with Gasteiger partial charge in [0, 0.05) is 41.3 Å². The molecule has 0 aliphatic carbocycles. The van der Waals surface area contributed by atoms with E-state index in [0.717, 1.165) is 22.2 Å². The van der Waals surface area contributed by atoms with Gasteiger partial charge in [0.05, 0.1) is 0 Å². The molecule has 100 valence electrons. The van der Waals surface area contributed by atoms with Gasteiger partial charge in [-0.3, -0.25) is 4.98 Å². The van der Waals surface area contributed by atoms with Crippen LogP contribution in [0.25, 0.3) is 22.2 Å². The summed E-state index contributed by atoms with van der Waals surface area (Å²) >= 11 is 0. The molecule has 3 nitrogen and oxygen atoms in total. The summed E-state index contributed by atoms with van der Waals surface area (Å²) in [4.78, 5) is 11.5. The molecule has 3 heteroatoms. The molecule has 0 aliphatic rings. The van der Waals surface area contributed by atoms with Crippen LogP contribution in [0.3, 0.4) is 0 Å². The molecule has 0 saturated carbocycles. The fourth-order valence-corrected chi connectivity index (χ4v) is 1.63. The van der Waals surface area contributed by atoms with E-state index in [1.165, 1.54) is 0 Å². The largest absolute Gasteiger partial charge is 0.346 e. The Morgan fingerprint density at radius 3 is 2.42 bits per heavy atom. The topological polar surface area (TPSA) is 41.6 Å². The number of hydrogen-bond donors (Lipinski definition) is 1. The molecule has 0 aromatic carbocycles. The van der Waals surface area contributed by atoms with E-state index < -0.39 is 0 Å². The van der Waals surface area contributed by atoms with Crippen LogP contribution in [0, 0.1) is 0 Å². The van der Waals surface area contributed by atoms with Crippen LogP contribution in [0.5, 0.6) is 0 Å². The molecule has 3 heterocycles. The second-order valence-corrected chi connectivity index (χ2v) is 3.38. The zero-order valence-electron chi connectivity index (χ0n) is 12.0. The van der Waals surface area contributed by atoms with Crippen molar-refractivity contribution in [3.63, 3.8) is 0 Å². The molecule has 19 heavy (non-hydrogen) atoms. The smallest absolute Gasteiger partial charge is 0.137 e. The number of nitrogens with one attached hydrogen (secondary N) is 1. The number of H-pyrrole nitrogens is 1. The number of hydrogen-bond acceptors (Lipinski definition) is 2. The summed E-state index contributed by atoms with van der Waals surface area (Å²) in [5, 5.41) is 1.12. The molecule has 0 bridgehead atoms. The maximum atomic E-state index is 4.33. The Kier molecular flexibility index (Phi) is 6.30. The molecule has 0 fully saturated rings. The number of rotatable bonds is 1. The number of pyridine rings is 2. The molecule has 0 unspecified atom stereocenters. The lowest BCUT2D eigenvalue weighted by Crippen LogP contribution is -1.82. The molecule has 0 atom stereocenters. The highest BCUT2D eigenvalue weighted by Gasteiger charge is 2.00.